The van der Waals surface area contributed by atoms with Gasteiger partial charge in [-0.3, -0.25) is 0 Å². The van der Waals surface area contributed by atoms with Crippen molar-refractivity contribution in [3.05, 3.63) is 299 Å². The van der Waals surface area contributed by atoms with Crippen LogP contribution in [0.3, 0.4) is 0 Å². The highest BCUT2D eigenvalue weighted by Crippen LogP contribution is 2.36. The Morgan fingerprint density at radius 3 is 0.347 bits per heavy atom. The van der Waals surface area contributed by atoms with E-state index < -0.39 is 0 Å². The van der Waals surface area contributed by atoms with E-state index in [2.05, 4.69) is 123 Å². The molecule has 0 bridgehead atoms. The van der Waals surface area contributed by atoms with Gasteiger partial charge in [-0.05, 0) is 82.3 Å². The highest BCUT2D eigenvalue weighted by molar-refractivity contribution is 5.86. The lowest BCUT2D eigenvalue weighted by Crippen LogP contribution is -2.05. The Bertz CT molecular complexity index is 1870. The van der Waals surface area contributed by atoms with Gasteiger partial charge in [0.1, 0.15) is 0 Å². The Morgan fingerprint density at radius 1 is 0.158 bits per heavy atom. The van der Waals surface area contributed by atoms with Gasteiger partial charge in [-0.15, -0.1) is 0 Å². The molecule has 8 aromatic carbocycles. The van der Waals surface area contributed by atoms with Gasteiger partial charge in [0.2, 0.25) is 0 Å². The summed E-state index contributed by atoms with van der Waals surface area (Å²) in [5.74, 6) is 0. The van der Waals surface area contributed by atoms with Crippen LogP contribution in [0.1, 0.15) is 329 Å². The first kappa shape index (κ1) is 129. The van der Waals surface area contributed by atoms with Crippen LogP contribution in [0.5, 0.6) is 0 Å². The maximum Gasteiger partial charge on any atom is -0.00135 e. The molecule has 0 saturated carbocycles. The molecule has 0 fully saturated rings. The van der Waals surface area contributed by atoms with E-state index in [0.717, 1.165) is 12.8 Å². The molecule has 0 unspecified atom stereocenters. The van der Waals surface area contributed by atoms with Crippen molar-refractivity contribution < 1.29 is 0 Å². The van der Waals surface area contributed by atoms with Crippen molar-refractivity contribution in [2.24, 2.45) is 0 Å². The van der Waals surface area contributed by atoms with E-state index in [4.69, 9.17) is 0 Å². The van der Waals surface area contributed by atoms with Gasteiger partial charge in [-0.1, -0.05) is 525 Å². The number of fused-ring (bicyclic) bond motifs is 4. The van der Waals surface area contributed by atoms with Crippen LogP contribution in [0.4, 0.5) is 0 Å². The van der Waals surface area contributed by atoms with Crippen molar-refractivity contribution in [1.82, 2.24) is 0 Å². The monoisotopic (exact) mass is 1310 g/mol. The second kappa shape index (κ2) is 144. The highest BCUT2D eigenvalue weighted by Gasteiger charge is 2.19. The Hall–Kier alpha value is -6.76. The maximum atomic E-state index is 2.23. The molecule has 2 aliphatic rings. The van der Waals surface area contributed by atoms with Crippen LogP contribution in [-0.2, 0) is 12.8 Å². The smallest absolute Gasteiger partial charge is 0.00135 e. The van der Waals surface area contributed by atoms with E-state index in [-0.39, 0.29) is 7.43 Å². The average Bonchev–Trinajstić information content (AvgIpc) is 0.815. The maximum absolute atomic E-state index is 2.23. The molecule has 0 spiro atoms. The summed E-state index contributed by atoms with van der Waals surface area (Å²) in [4.78, 5) is 0. The van der Waals surface area contributed by atoms with Crippen molar-refractivity contribution in [1.29, 1.82) is 0 Å². The lowest BCUT2D eigenvalue weighted by Gasteiger charge is -2.22. The lowest BCUT2D eigenvalue weighted by molar-refractivity contribution is 1.14. The quantitative estimate of drug-likeness (QED) is 0.142. The molecule has 0 aliphatic heterocycles. The standard InChI is InChI=1S/2C16H14.4C6H6.19C2H6.CH4/c2*1-2-14-15-9-5-3-7-12(15)11-13-8-4-6-10-16(13)14;4*1-2-4-6-5-3-1;19*1-2;/h2*2-10H,11H2,1H3;4*1-6H;19*1-2H3;1H4. The summed E-state index contributed by atoms with van der Waals surface area (Å²) in [7, 11) is 0. The van der Waals surface area contributed by atoms with Gasteiger partial charge in [0.05, 0.1) is 0 Å². The number of benzene rings is 8. The van der Waals surface area contributed by atoms with Gasteiger partial charge in [0.25, 0.3) is 0 Å². The summed E-state index contributed by atoms with van der Waals surface area (Å²) in [5, 5.41) is 0. The summed E-state index contributed by atoms with van der Waals surface area (Å²) >= 11 is 0. The molecule has 0 radical (unpaired) electrons. The molecule has 0 atom stereocenters. The Kier molecular flexibility index (Phi) is 194. The van der Waals surface area contributed by atoms with E-state index in [0.29, 0.717) is 0 Å². The van der Waals surface area contributed by atoms with E-state index >= 15 is 0 Å². The summed E-state index contributed by atoms with van der Waals surface area (Å²) in [5.41, 5.74) is 14.1. The van der Waals surface area contributed by atoms with Crippen LogP contribution in [-0.4, -0.2) is 0 Å². The first-order chi connectivity index (χ1) is 46.8. The largest absolute Gasteiger partial charge is 0.0792 e. The Labute approximate surface area is 604 Å². The molecule has 95 heavy (non-hydrogen) atoms. The van der Waals surface area contributed by atoms with Crippen molar-refractivity contribution in [3.63, 3.8) is 0 Å². The van der Waals surface area contributed by atoms with Crippen LogP contribution in [0.2, 0.25) is 0 Å². The molecule has 0 heterocycles. The average molecular weight is 1310 g/mol. The molecule has 550 valence electrons. The van der Waals surface area contributed by atoms with Crippen LogP contribution < -0.4 is 0 Å². The number of allylic oxidation sites excluding steroid dienone is 2. The molecular weight excluding hydrogens is 1140 g/mol. The molecule has 0 saturated heterocycles. The topological polar surface area (TPSA) is 0 Å². The first-order valence-electron chi connectivity index (χ1n) is 38.5. The van der Waals surface area contributed by atoms with Gasteiger partial charge in [-0.25, -0.2) is 0 Å². The Balaban J connectivity index is -0.0000000525. The number of hydrogen-bond donors (Lipinski definition) is 0. The molecule has 2 aliphatic carbocycles. The predicted octanol–water partition coefficient (Wildman–Crippen LogP) is 35.0. The fourth-order valence-electron chi connectivity index (χ4n) is 6.61. The van der Waals surface area contributed by atoms with Crippen molar-refractivity contribution in [3.8, 4) is 0 Å². The third kappa shape index (κ3) is 79.6. The van der Waals surface area contributed by atoms with Gasteiger partial charge >= 0.3 is 0 Å². The molecule has 8 aromatic rings. The minimum Gasteiger partial charge on any atom is -0.0792 e. The fourth-order valence-corrected chi connectivity index (χ4v) is 6.61. The van der Waals surface area contributed by atoms with Crippen LogP contribution in [0, 0.1) is 0 Å². The van der Waals surface area contributed by atoms with E-state index in [1.165, 1.54) is 55.7 Å². The minimum absolute atomic E-state index is 0. The molecule has 0 heteroatoms. The fraction of sp³-hybridized carbons (Fsp3) is 0.453. The molecule has 10 rings (SSSR count). The second-order valence-electron chi connectivity index (χ2n) is 13.0. The zero-order valence-corrected chi connectivity index (χ0v) is 70.7. The number of hydrogen-bond acceptors (Lipinski definition) is 0. The summed E-state index contributed by atoms with van der Waals surface area (Å²) in [6.07, 6.45) is 6.56. The summed E-state index contributed by atoms with van der Waals surface area (Å²) in [6.45, 7) is 80.2. The van der Waals surface area contributed by atoms with Gasteiger partial charge in [-0.2, -0.15) is 0 Å². The van der Waals surface area contributed by atoms with Gasteiger partial charge < -0.3 is 0 Å². The van der Waals surface area contributed by atoms with E-state index in [9.17, 15) is 0 Å². The normalized spacial score (nSPS) is 7.58. The lowest BCUT2D eigenvalue weighted by atomic mass is 9.82. The van der Waals surface area contributed by atoms with Crippen molar-refractivity contribution in [2.45, 2.75) is 297 Å². The number of rotatable bonds is 0. The molecular formula is C95H170. The predicted molar refractivity (Wildman–Crippen MR) is 465 cm³/mol. The Morgan fingerprint density at radius 2 is 0.253 bits per heavy atom. The zero-order chi connectivity index (χ0) is 76.9. The van der Waals surface area contributed by atoms with Crippen LogP contribution >= 0.6 is 0 Å². The zero-order valence-electron chi connectivity index (χ0n) is 70.7. The van der Waals surface area contributed by atoms with E-state index in [1.54, 1.807) is 0 Å². The molecule has 0 N–H and O–H groups in total. The summed E-state index contributed by atoms with van der Waals surface area (Å²) < 4.78 is 0. The molecule has 0 nitrogen and oxygen atoms in total. The van der Waals surface area contributed by atoms with Gasteiger partial charge in [0.15, 0.2) is 0 Å². The third-order valence-electron chi connectivity index (χ3n) is 9.24. The van der Waals surface area contributed by atoms with E-state index in [1.807, 2.05) is 409 Å². The van der Waals surface area contributed by atoms with Crippen molar-refractivity contribution in [2.75, 3.05) is 0 Å². The van der Waals surface area contributed by atoms with Crippen molar-refractivity contribution >= 4 is 11.1 Å². The molecule has 0 aromatic heterocycles. The first-order valence-corrected chi connectivity index (χ1v) is 38.5. The SMILES string of the molecule is C.CC.CC.CC.CC.CC.CC.CC.CC.CC.CC.CC.CC.CC.CC.CC.CC.CC.CC.CC.CC=C1c2ccccc2Cc2ccccc21.CC=C1c2ccccc2Cc2ccccc21.c1ccccc1.c1ccccc1.c1ccccc1.c1ccccc1. The third-order valence-corrected chi connectivity index (χ3v) is 9.24. The van der Waals surface area contributed by atoms with Crippen LogP contribution in [0.25, 0.3) is 11.1 Å². The summed E-state index contributed by atoms with van der Waals surface area (Å²) in [6, 6.07) is 82.8. The minimum atomic E-state index is 0. The highest BCUT2D eigenvalue weighted by atomic mass is 14.2. The molecule has 0 amide bonds. The second-order valence-corrected chi connectivity index (χ2v) is 13.0. The van der Waals surface area contributed by atoms with Gasteiger partial charge in [0, 0.05) is 0 Å². The van der Waals surface area contributed by atoms with Crippen LogP contribution in [0.15, 0.2) is 255 Å².